The lowest BCUT2D eigenvalue weighted by molar-refractivity contribution is -0.155. The van der Waals surface area contributed by atoms with E-state index in [9.17, 15) is 45.5 Å². The first-order valence-corrected chi connectivity index (χ1v) is 35.2. The van der Waals surface area contributed by atoms with Crippen LogP contribution >= 0.6 is 116 Å². The minimum absolute atomic E-state index is 0.0560. The van der Waals surface area contributed by atoms with Crippen molar-refractivity contribution in [3.05, 3.63) is 186 Å². The van der Waals surface area contributed by atoms with E-state index in [2.05, 4.69) is 40.2 Å². The molecule has 38 heteroatoms. The number of oxime groups is 1. The van der Waals surface area contributed by atoms with Crippen molar-refractivity contribution in [3.63, 3.8) is 0 Å². The van der Waals surface area contributed by atoms with Crippen LogP contribution in [0.15, 0.2) is 99.7 Å². The SMILES string of the molecule is CC(C)(C)OC(=O)CCc1cc(Cl)c(-c2noc(-c3cn4cc(C(F)(F)F)cc(Cl)c4n3)n2)cc1Cl.CC(C)(C)OC(=O)CCc1cc(Cl)c(/C(N)=N/O)cc1Cl.O=C(O)CCc1cc(Cl)c(-c2noc(-c3cn4cc(C(F)(F)F)cc(Cl)c4n3)n2)cc1Cl.[C-]#[N+]c1cc(Cl)c(CCC(=O)OC(C)(C)C)cc1Cl. The maximum absolute atomic E-state index is 13.1. The van der Waals surface area contributed by atoms with E-state index in [1.54, 1.807) is 65.8 Å². The molecule has 0 radical (unpaired) electrons. The Morgan fingerprint density at radius 1 is 0.481 bits per heavy atom. The lowest BCUT2D eigenvalue weighted by Gasteiger charge is -2.19. The van der Waals surface area contributed by atoms with Gasteiger partial charge in [0.1, 0.15) is 28.2 Å². The van der Waals surface area contributed by atoms with Gasteiger partial charge in [0.15, 0.2) is 17.1 Å². The molecule has 0 unspecified atom stereocenters. The molecule has 10 rings (SSSR count). The molecule has 0 amide bonds. The third-order valence-electron chi connectivity index (χ3n) is 14.1. The number of hydrogen-bond acceptors (Lipinski definition) is 17. The standard InChI is InChI=1S/C23H18Cl3F3N4O3.C19H10Cl3F3N4O3.C14H18Cl2N2O3.C14H15Cl2NO2/c1-22(2,3)35-18(34)5-4-11-6-15(25)13(8-14(11)24)19-31-21(36-32-19)17-10-33-9-12(23(27,28)29)7-16(26)20(33)30-17;20-11-5-10(12(21)3-8(11)1-2-15(30)31)16-27-18(32-28-16)14-7-29-6-9(19(23,24)25)4-13(22)17(29)26-14;1-14(2,3)21-12(19)5-4-8-6-11(16)9(7-10(8)15)13(17)18-20;1-14(2,3)19-13(18)6-5-9-7-11(16)12(17-4)8-10(9)15/h6-10H,4-5H2,1-3H3;3-7H,1-2H2,(H,30,31);6-7,20H,4-5H2,1-3H3,(H2,17,18);7-8H,5-6H2,1-3H3. The molecule has 0 saturated heterocycles. The molecule has 4 aromatic carbocycles. The fourth-order valence-electron chi connectivity index (χ4n) is 9.42. The van der Waals surface area contributed by atoms with Crippen molar-refractivity contribution < 1.29 is 79.1 Å². The number of aliphatic carboxylic acids is 1. The van der Waals surface area contributed by atoms with Gasteiger partial charge in [-0.3, -0.25) is 19.2 Å². The Morgan fingerprint density at radius 2 is 0.824 bits per heavy atom. The predicted molar refractivity (Wildman–Crippen MR) is 398 cm³/mol. The van der Waals surface area contributed by atoms with Crippen molar-refractivity contribution in [2.75, 3.05) is 0 Å². The van der Waals surface area contributed by atoms with Gasteiger partial charge in [-0.05, 0) is 171 Å². The van der Waals surface area contributed by atoms with Crippen molar-refractivity contribution in [1.29, 1.82) is 0 Å². The molecule has 0 atom stereocenters. The molecule has 6 heterocycles. The van der Waals surface area contributed by atoms with Gasteiger partial charge >= 0.3 is 36.2 Å². The highest BCUT2D eigenvalue weighted by Crippen LogP contribution is 2.40. The number of benzene rings is 4. The Morgan fingerprint density at radius 3 is 1.17 bits per heavy atom. The van der Waals surface area contributed by atoms with Crippen LogP contribution in [-0.4, -0.2) is 95.9 Å². The number of carboxylic acids is 1. The average molecular weight is 1700 g/mol. The number of amidine groups is 1. The lowest BCUT2D eigenvalue weighted by atomic mass is 10.1. The first kappa shape index (κ1) is 86.9. The van der Waals surface area contributed by atoms with E-state index in [0.29, 0.717) is 83.4 Å². The molecule has 22 nitrogen and oxygen atoms in total. The normalized spacial score (nSPS) is 12.0. The number of carbonyl (C=O) groups is 4. The molecule has 0 bridgehead atoms. The van der Waals surface area contributed by atoms with Crippen LogP contribution in [0.2, 0.25) is 50.2 Å². The number of carboxylic acid groups (broad SMARTS) is 1. The van der Waals surface area contributed by atoms with Gasteiger partial charge in [-0.2, -0.15) is 36.3 Å². The predicted octanol–water partition coefficient (Wildman–Crippen LogP) is 21.5. The van der Waals surface area contributed by atoms with Crippen molar-refractivity contribution in [2.24, 2.45) is 10.9 Å². The van der Waals surface area contributed by atoms with Gasteiger partial charge < -0.3 is 48.1 Å². The molecule has 0 aliphatic carbocycles. The summed E-state index contributed by atoms with van der Waals surface area (Å²) >= 11 is 61.4. The van der Waals surface area contributed by atoms with Gasteiger partial charge in [-0.25, -0.2) is 14.8 Å². The van der Waals surface area contributed by atoms with E-state index < -0.39 is 46.3 Å². The topological polar surface area (TPSA) is 292 Å². The third kappa shape index (κ3) is 24.6. The van der Waals surface area contributed by atoms with Gasteiger partial charge in [0.2, 0.25) is 17.3 Å². The monoisotopic (exact) mass is 1700 g/mol. The smallest absolute Gasteiger partial charge is 0.417 e. The largest absolute Gasteiger partial charge is 0.481 e. The molecule has 0 aliphatic rings. The van der Waals surface area contributed by atoms with E-state index in [-0.39, 0.29) is 127 Å². The number of nitrogens with zero attached hydrogens (tertiary/aromatic N) is 10. The summed E-state index contributed by atoms with van der Waals surface area (Å²) in [7, 11) is 0. The van der Waals surface area contributed by atoms with Gasteiger partial charge in [-0.1, -0.05) is 131 Å². The number of aromatic nitrogens is 8. The Bertz CT molecular complexity index is 5100. The number of aryl methyl sites for hydroxylation is 4. The van der Waals surface area contributed by atoms with Crippen LogP contribution in [0.4, 0.5) is 32.0 Å². The molecule has 4 N–H and O–H groups in total. The van der Waals surface area contributed by atoms with Crippen LogP contribution in [0.3, 0.4) is 0 Å². The highest BCUT2D eigenvalue weighted by Gasteiger charge is 2.34. The summed E-state index contributed by atoms with van der Waals surface area (Å²) in [5.41, 5.74) is 6.37. The molecule has 10 aromatic rings. The highest BCUT2D eigenvalue weighted by molar-refractivity contribution is 6.38. The Labute approximate surface area is 662 Å². The minimum atomic E-state index is -4.58. The fourth-order valence-corrected chi connectivity index (χ4v) is 12.0. The second-order valence-electron chi connectivity index (χ2n) is 26.1. The van der Waals surface area contributed by atoms with E-state index in [0.717, 1.165) is 38.9 Å². The first-order chi connectivity index (χ1) is 50.1. The number of fused-ring (bicyclic) bond motifs is 2. The van der Waals surface area contributed by atoms with Gasteiger partial charge in [0, 0.05) is 92.3 Å². The molecule has 108 heavy (non-hydrogen) atoms. The zero-order valence-corrected chi connectivity index (χ0v) is 65.5. The molecule has 0 aliphatic heterocycles. The number of hydrogen-bond donors (Lipinski definition) is 3. The first-order valence-electron chi connectivity index (χ1n) is 31.4. The summed E-state index contributed by atoms with van der Waals surface area (Å²) in [6.45, 7) is 23.1. The number of alkyl halides is 6. The van der Waals surface area contributed by atoms with Gasteiger partial charge in [0.05, 0.1) is 42.8 Å². The summed E-state index contributed by atoms with van der Waals surface area (Å²) in [6.07, 6.45) is -3.12. The van der Waals surface area contributed by atoms with Crippen molar-refractivity contribution in [3.8, 4) is 45.9 Å². The molecular formula is C70H61Cl10F6N11O11. The molecular weight excluding hydrogens is 1640 g/mol. The molecule has 0 saturated carbocycles. The fraction of sp³-hybridized carbons (Fsp3) is 0.314. The van der Waals surface area contributed by atoms with Crippen LogP contribution in [0.1, 0.15) is 127 Å². The summed E-state index contributed by atoms with van der Waals surface area (Å²) in [6, 6.07) is 13.9. The molecule has 0 spiro atoms. The van der Waals surface area contributed by atoms with Crippen molar-refractivity contribution in [1.82, 2.24) is 39.1 Å². The van der Waals surface area contributed by atoms with E-state index >= 15 is 0 Å². The summed E-state index contributed by atoms with van der Waals surface area (Å²) in [4.78, 5) is 66.1. The average Bonchev–Trinajstić information content (AvgIpc) is 1.63. The summed E-state index contributed by atoms with van der Waals surface area (Å²) < 4.78 is 107. The number of ether oxygens (including phenoxy) is 3. The number of halogens is 16. The number of imidazole rings is 2. The maximum Gasteiger partial charge on any atom is 0.417 e. The quantitative estimate of drug-likeness (QED) is 0.0112. The van der Waals surface area contributed by atoms with Crippen LogP contribution < -0.4 is 5.73 Å². The number of nitrogens with two attached hydrogens (primary N) is 1. The zero-order chi connectivity index (χ0) is 80.5. The van der Waals surface area contributed by atoms with Crippen molar-refractivity contribution >= 4 is 163 Å². The van der Waals surface area contributed by atoms with E-state index in [1.807, 2.05) is 20.8 Å². The van der Waals surface area contributed by atoms with Crippen LogP contribution in [0.25, 0.3) is 62.1 Å². The number of pyridine rings is 2. The lowest BCUT2D eigenvalue weighted by Crippen LogP contribution is -2.24. The van der Waals surface area contributed by atoms with Crippen LogP contribution in [-0.2, 0) is 71.4 Å². The Hall–Kier alpha value is -8.34. The second kappa shape index (κ2) is 36.0. The Balaban J connectivity index is 0.000000208. The number of carbonyl (C=O) groups excluding carboxylic acids is 3. The number of esters is 3. The van der Waals surface area contributed by atoms with E-state index in [4.69, 9.17) is 162 Å². The highest BCUT2D eigenvalue weighted by atomic mass is 35.5. The summed E-state index contributed by atoms with van der Waals surface area (Å²) in [5, 5.41) is 30.3. The molecule has 574 valence electrons. The van der Waals surface area contributed by atoms with Gasteiger partial charge in [0.25, 0.3) is 11.8 Å². The number of rotatable bonds is 17. The third-order valence-corrected chi connectivity index (χ3v) is 17.3. The maximum atomic E-state index is 13.1. The minimum Gasteiger partial charge on any atom is -0.481 e. The zero-order valence-electron chi connectivity index (χ0n) is 57.9. The van der Waals surface area contributed by atoms with Crippen molar-refractivity contribution in [2.45, 2.75) is 143 Å². The Kier molecular flexibility index (Phi) is 29.0. The summed E-state index contributed by atoms with van der Waals surface area (Å²) in [5.74, 6) is -2.03. The van der Waals surface area contributed by atoms with E-state index in [1.165, 1.54) is 36.7 Å². The van der Waals surface area contributed by atoms with Crippen LogP contribution in [0.5, 0.6) is 0 Å². The van der Waals surface area contributed by atoms with Crippen LogP contribution in [0, 0.1) is 6.57 Å². The van der Waals surface area contributed by atoms with Gasteiger partial charge in [-0.15, -0.1) is 0 Å². The molecule has 6 aromatic heterocycles. The molecule has 0 fully saturated rings. The second-order valence-corrected chi connectivity index (χ2v) is 30.2.